The molecule has 5 nitrogen and oxygen atoms in total. The van der Waals surface area contributed by atoms with E-state index in [1.807, 2.05) is 0 Å². The number of carbonyl (C=O) groups excluding carboxylic acids is 1. The molecule has 1 rings (SSSR count). The minimum Gasteiger partial charge on any atom is -0.465 e. The molecule has 17 heavy (non-hydrogen) atoms. The van der Waals surface area contributed by atoms with Crippen LogP contribution >= 0.6 is 0 Å². The summed E-state index contributed by atoms with van der Waals surface area (Å²) < 4.78 is 41.1. The minimum atomic E-state index is -4.71. The molecule has 0 saturated heterocycles. The van der Waals surface area contributed by atoms with Gasteiger partial charge in [-0.2, -0.15) is 13.2 Å². The van der Waals surface area contributed by atoms with Crippen molar-refractivity contribution in [3.8, 4) is 0 Å². The summed E-state index contributed by atoms with van der Waals surface area (Å²) in [6.45, 7) is 0. The van der Waals surface area contributed by atoms with Gasteiger partial charge in [-0.25, -0.2) is 4.79 Å². The fraction of sp³-hybridized carbons (Fsp3) is 0.222. The van der Waals surface area contributed by atoms with Crippen LogP contribution in [0.1, 0.15) is 15.9 Å². The third-order valence-corrected chi connectivity index (χ3v) is 1.93. The Hall–Kier alpha value is -2.12. The quantitative estimate of drug-likeness (QED) is 0.458. The van der Waals surface area contributed by atoms with Crippen LogP contribution in [0.3, 0.4) is 0 Å². The Morgan fingerprint density at radius 2 is 2.00 bits per heavy atom. The van der Waals surface area contributed by atoms with Crippen LogP contribution in [0, 0.1) is 10.1 Å². The van der Waals surface area contributed by atoms with Gasteiger partial charge in [0.15, 0.2) is 0 Å². The number of hydrogen-bond acceptors (Lipinski definition) is 4. The molecule has 0 saturated carbocycles. The van der Waals surface area contributed by atoms with Crippen LogP contribution in [-0.2, 0) is 10.9 Å². The summed E-state index contributed by atoms with van der Waals surface area (Å²) in [5, 5.41) is 10.6. The minimum absolute atomic E-state index is 0.298. The Morgan fingerprint density at radius 1 is 1.41 bits per heavy atom. The van der Waals surface area contributed by atoms with Crippen molar-refractivity contribution in [1.82, 2.24) is 0 Å². The lowest BCUT2D eigenvalue weighted by atomic mass is 10.1. The van der Waals surface area contributed by atoms with E-state index in [4.69, 9.17) is 0 Å². The van der Waals surface area contributed by atoms with Crippen molar-refractivity contribution in [2.24, 2.45) is 0 Å². The first-order valence-corrected chi connectivity index (χ1v) is 4.21. The highest BCUT2D eigenvalue weighted by Crippen LogP contribution is 2.33. The summed E-state index contributed by atoms with van der Waals surface area (Å²) in [5.41, 5.74) is -2.66. The number of benzene rings is 1. The summed E-state index contributed by atoms with van der Waals surface area (Å²) in [5.74, 6) is -1.06. The average molecular weight is 249 g/mol. The molecule has 0 aromatic heterocycles. The van der Waals surface area contributed by atoms with Crippen LogP contribution in [0.15, 0.2) is 18.2 Å². The Morgan fingerprint density at radius 3 is 2.41 bits per heavy atom. The van der Waals surface area contributed by atoms with Gasteiger partial charge >= 0.3 is 12.1 Å². The molecule has 1 aromatic carbocycles. The largest absolute Gasteiger partial charge is 0.465 e. The van der Waals surface area contributed by atoms with Crippen molar-refractivity contribution in [1.29, 1.82) is 0 Å². The van der Waals surface area contributed by atoms with Gasteiger partial charge in [-0.1, -0.05) is 0 Å². The van der Waals surface area contributed by atoms with E-state index in [0.717, 1.165) is 7.11 Å². The molecule has 8 heteroatoms. The molecule has 0 amide bonds. The number of rotatable bonds is 2. The van der Waals surface area contributed by atoms with E-state index in [1.54, 1.807) is 0 Å². The highest BCUT2D eigenvalue weighted by molar-refractivity contribution is 5.93. The molecule has 0 unspecified atom stereocenters. The van der Waals surface area contributed by atoms with Crippen LogP contribution in [0.25, 0.3) is 0 Å². The number of carbonyl (C=O) groups is 1. The number of halogens is 3. The molecule has 0 aliphatic heterocycles. The van der Waals surface area contributed by atoms with Crippen molar-refractivity contribution in [2.75, 3.05) is 7.11 Å². The third-order valence-electron chi connectivity index (χ3n) is 1.93. The fourth-order valence-electron chi connectivity index (χ4n) is 1.14. The molecule has 0 heterocycles. The molecule has 0 spiro atoms. The second kappa shape index (κ2) is 4.40. The Kier molecular flexibility index (Phi) is 3.35. The van der Waals surface area contributed by atoms with Crippen LogP contribution in [0.5, 0.6) is 0 Å². The molecule has 0 radical (unpaired) electrons. The van der Waals surface area contributed by atoms with Gasteiger partial charge in [-0.15, -0.1) is 0 Å². The lowest BCUT2D eigenvalue weighted by molar-refractivity contribution is -0.385. The smallest absolute Gasteiger partial charge is 0.416 e. The van der Waals surface area contributed by atoms with Crippen molar-refractivity contribution in [2.45, 2.75) is 6.18 Å². The SMILES string of the molecule is COC(=O)c1ccc(C(F)(F)F)cc1[N+](=O)[O-]. The fourth-order valence-corrected chi connectivity index (χ4v) is 1.14. The van der Waals surface area contributed by atoms with Gasteiger partial charge in [-0.3, -0.25) is 10.1 Å². The number of esters is 1. The standard InChI is InChI=1S/C9H6F3NO4/c1-17-8(14)6-3-2-5(9(10,11)12)4-7(6)13(15)16/h2-4H,1H3. The van der Waals surface area contributed by atoms with Crippen LogP contribution in [0.2, 0.25) is 0 Å². The van der Waals surface area contributed by atoms with Crippen LogP contribution in [-0.4, -0.2) is 18.0 Å². The normalized spacial score (nSPS) is 11.1. The van der Waals surface area contributed by atoms with Crippen molar-refractivity contribution in [3.63, 3.8) is 0 Å². The molecule has 0 fully saturated rings. The number of nitro benzene ring substituents is 1. The Labute approximate surface area is 93.0 Å². The Balaban J connectivity index is 3.37. The molecule has 0 aliphatic rings. The molecule has 0 aliphatic carbocycles. The molecule has 0 atom stereocenters. The maximum absolute atomic E-state index is 12.3. The van der Waals surface area contributed by atoms with Crippen molar-refractivity contribution >= 4 is 11.7 Å². The summed E-state index contributed by atoms with van der Waals surface area (Å²) >= 11 is 0. The maximum Gasteiger partial charge on any atom is 0.416 e. The second-order valence-corrected chi connectivity index (χ2v) is 2.98. The van der Waals surface area contributed by atoms with Crippen LogP contribution in [0.4, 0.5) is 18.9 Å². The number of nitro groups is 1. The predicted molar refractivity (Wildman–Crippen MR) is 49.4 cm³/mol. The first-order chi connectivity index (χ1) is 7.77. The van der Waals surface area contributed by atoms with Crippen molar-refractivity contribution in [3.05, 3.63) is 39.4 Å². The number of nitrogens with zero attached hydrogens (tertiary/aromatic N) is 1. The molecule has 0 bridgehead atoms. The summed E-state index contributed by atoms with van der Waals surface area (Å²) in [7, 11) is 0.976. The summed E-state index contributed by atoms with van der Waals surface area (Å²) in [4.78, 5) is 20.6. The van der Waals surface area contributed by atoms with Crippen LogP contribution < -0.4 is 0 Å². The first kappa shape index (κ1) is 12.9. The zero-order chi connectivity index (χ0) is 13.2. The highest BCUT2D eigenvalue weighted by Gasteiger charge is 2.34. The van der Waals surface area contributed by atoms with E-state index >= 15 is 0 Å². The summed E-state index contributed by atoms with van der Waals surface area (Å²) in [6, 6.07) is 1.60. The van der Waals surface area contributed by atoms with E-state index in [9.17, 15) is 28.1 Å². The number of ether oxygens (including phenoxy) is 1. The van der Waals surface area contributed by atoms with E-state index in [-0.39, 0.29) is 0 Å². The lowest BCUT2D eigenvalue weighted by Gasteiger charge is -2.07. The monoisotopic (exact) mass is 249 g/mol. The van der Waals surface area contributed by atoms with Gasteiger partial charge in [0.2, 0.25) is 0 Å². The molecule has 0 N–H and O–H groups in total. The van der Waals surface area contributed by atoms with Gasteiger partial charge in [0, 0.05) is 6.07 Å². The molecule has 1 aromatic rings. The number of methoxy groups -OCH3 is 1. The average Bonchev–Trinajstić information content (AvgIpc) is 2.25. The van der Waals surface area contributed by atoms with E-state index in [0.29, 0.717) is 18.2 Å². The van der Waals surface area contributed by atoms with Gasteiger partial charge in [-0.05, 0) is 12.1 Å². The lowest BCUT2D eigenvalue weighted by Crippen LogP contribution is -2.10. The third kappa shape index (κ3) is 2.71. The van der Waals surface area contributed by atoms with E-state index < -0.39 is 33.9 Å². The predicted octanol–water partition coefficient (Wildman–Crippen LogP) is 2.40. The zero-order valence-corrected chi connectivity index (χ0v) is 8.45. The molecular weight excluding hydrogens is 243 g/mol. The highest BCUT2D eigenvalue weighted by atomic mass is 19.4. The first-order valence-electron chi connectivity index (χ1n) is 4.21. The van der Waals surface area contributed by atoms with Gasteiger partial charge in [0.1, 0.15) is 5.56 Å². The number of hydrogen-bond donors (Lipinski definition) is 0. The van der Waals surface area contributed by atoms with Gasteiger partial charge < -0.3 is 4.74 Å². The van der Waals surface area contributed by atoms with Gasteiger partial charge in [0.05, 0.1) is 17.6 Å². The molecular formula is C9H6F3NO4. The van der Waals surface area contributed by atoms with Gasteiger partial charge in [0.25, 0.3) is 5.69 Å². The topological polar surface area (TPSA) is 69.4 Å². The Bertz CT molecular complexity index is 470. The molecule has 92 valence electrons. The maximum atomic E-state index is 12.3. The zero-order valence-electron chi connectivity index (χ0n) is 8.45. The van der Waals surface area contributed by atoms with Crippen molar-refractivity contribution < 1.29 is 27.6 Å². The number of alkyl halides is 3. The van der Waals surface area contributed by atoms with E-state index in [1.165, 1.54) is 0 Å². The summed E-state index contributed by atoms with van der Waals surface area (Å²) in [6.07, 6.45) is -4.71. The second-order valence-electron chi connectivity index (χ2n) is 2.98. The van der Waals surface area contributed by atoms with E-state index in [2.05, 4.69) is 4.74 Å².